The van der Waals surface area contributed by atoms with Crippen LogP contribution in [0.5, 0.6) is 0 Å². The Kier molecular flexibility index (Phi) is 7.41. The number of amides is 1. The topological polar surface area (TPSA) is 98.6 Å². The molecular weight excluding hydrogens is 370 g/mol. The molecule has 152 valence electrons. The van der Waals surface area contributed by atoms with Crippen LogP contribution in [-0.4, -0.2) is 65.7 Å². The Morgan fingerprint density at radius 2 is 2.11 bits per heavy atom. The zero-order valence-electron chi connectivity index (χ0n) is 16.3. The van der Waals surface area contributed by atoms with Crippen LogP contribution in [0.15, 0.2) is 6.07 Å². The van der Waals surface area contributed by atoms with E-state index >= 15 is 0 Å². The van der Waals surface area contributed by atoms with Crippen molar-refractivity contribution in [1.29, 1.82) is 0 Å². The summed E-state index contributed by atoms with van der Waals surface area (Å²) in [6.07, 6.45) is 2.26. The van der Waals surface area contributed by atoms with Gasteiger partial charge in [-0.25, -0.2) is 8.42 Å². The van der Waals surface area contributed by atoms with Gasteiger partial charge in [-0.3, -0.25) is 14.3 Å². The van der Waals surface area contributed by atoms with Crippen LogP contribution in [0.4, 0.5) is 0 Å². The minimum absolute atomic E-state index is 0.00563. The third-order valence-electron chi connectivity index (χ3n) is 4.71. The summed E-state index contributed by atoms with van der Waals surface area (Å²) in [5.41, 5.74) is 1.85. The second-order valence-electron chi connectivity index (χ2n) is 7.06. The SMILES string of the molecule is CCCCN(C(=O)COC(=O)CCn1nc(C)cc1C)C1CCS(=O)(=O)C1. The summed E-state index contributed by atoms with van der Waals surface area (Å²) in [5.74, 6) is -0.694. The molecule has 1 saturated heterocycles. The Bertz CT molecular complexity index is 772. The van der Waals surface area contributed by atoms with Gasteiger partial charge < -0.3 is 9.64 Å². The molecule has 0 bridgehead atoms. The van der Waals surface area contributed by atoms with E-state index in [1.807, 2.05) is 26.8 Å². The van der Waals surface area contributed by atoms with E-state index in [2.05, 4.69) is 5.10 Å². The highest BCUT2D eigenvalue weighted by atomic mass is 32.2. The molecule has 0 saturated carbocycles. The molecule has 0 radical (unpaired) electrons. The number of unbranched alkanes of at least 4 members (excludes halogenated alkanes) is 1. The fourth-order valence-electron chi connectivity index (χ4n) is 3.26. The standard InChI is InChI=1S/C18H29N3O5S/c1-4-5-8-20(16-7-10-27(24,25)13-16)17(22)12-26-18(23)6-9-21-15(3)11-14(2)19-21/h11,16H,4-10,12-13H2,1-3H3. The van der Waals surface area contributed by atoms with Crippen molar-refractivity contribution in [2.75, 3.05) is 24.7 Å². The van der Waals surface area contributed by atoms with Gasteiger partial charge in [-0.1, -0.05) is 13.3 Å². The molecule has 1 atom stereocenters. The van der Waals surface area contributed by atoms with Crippen LogP contribution in [0, 0.1) is 13.8 Å². The van der Waals surface area contributed by atoms with Gasteiger partial charge >= 0.3 is 5.97 Å². The van der Waals surface area contributed by atoms with Crippen LogP contribution in [-0.2, 0) is 30.7 Å². The summed E-state index contributed by atoms with van der Waals surface area (Å²) >= 11 is 0. The number of nitrogens with zero attached hydrogens (tertiary/aromatic N) is 3. The Morgan fingerprint density at radius 1 is 1.37 bits per heavy atom. The fourth-order valence-corrected chi connectivity index (χ4v) is 4.99. The van der Waals surface area contributed by atoms with Crippen molar-refractivity contribution in [1.82, 2.24) is 14.7 Å². The highest BCUT2D eigenvalue weighted by molar-refractivity contribution is 7.91. The molecule has 1 unspecified atom stereocenters. The first-order valence-electron chi connectivity index (χ1n) is 9.38. The molecule has 1 aliphatic heterocycles. The van der Waals surface area contributed by atoms with Crippen molar-refractivity contribution in [2.24, 2.45) is 0 Å². The van der Waals surface area contributed by atoms with Crippen LogP contribution >= 0.6 is 0 Å². The van der Waals surface area contributed by atoms with Gasteiger partial charge in [-0.2, -0.15) is 5.10 Å². The second-order valence-corrected chi connectivity index (χ2v) is 9.29. The predicted molar refractivity (Wildman–Crippen MR) is 101 cm³/mol. The molecule has 9 heteroatoms. The molecule has 0 aliphatic carbocycles. The summed E-state index contributed by atoms with van der Waals surface area (Å²) in [6, 6.07) is 1.61. The number of carbonyl (C=O) groups is 2. The molecule has 1 amide bonds. The molecule has 1 aliphatic rings. The molecule has 1 aromatic heterocycles. The van der Waals surface area contributed by atoms with Crippen molar-refractivity contribution >= 4 is 21.7 Å². The number of sulfone groups is 1. The van der Waals surface area contributed by atoms with Gasteiger partial charge in [0, 0.05) is 18.3 Å². The van der Waals surface area contributed by atoms with Gasteiger partial charge in [-0.05, 0) is 32.8 Å². The van der Waals surface area contributed by atoms with Crippen molar-refractivity contribution < 1.29 is 22.7 Å². The van der Waals surface area contributed by atoms with Crippen LogP contribution in [0.25, 0.3) is 0 Å². The van der Waals surface area contributed by atoms with Gasteiger partial charge in [-0.15, -0.1) is 0 Å². The van der Waals surface area contributed by atoms with E-state index in [1.54, 1.807) is 9.58 Å². The first-order valence-corrected chi connectivity index (χ1v) is 11.2. The van der Waals surface area contributed by atoms with Crippen molar-refractivity contribution in [3.8, 4) is 0 Å². The van der Waals surface area contributed by atoms with Crippen molar-refractivity contribution in [3.63, 3.8) is 0 Å². The lowest BCUT2D eigenvalue weighted by molar-refractivity contribution is -0.153. The number of esters is 1. The third-order valence-corrected chi connectivity index (χ3v) is 6.46. The lowest BCUT2D eigenvalue weighted by Gasteiger charge is -2.28. The predicted octanol–water partition coefficient (Wildman–Crippen LogP) is 1.25. The van der Waals surface area contributed by atoms with E-state index in [4.69, 9.17) is 4.74 Å². The molecule has 2 heterocycles. The summed E-state index contributed by atoms with van der Waals surface area (Å²) in [7, 11) is -3.08. The maximum Gasteiger partial charge on any atom is 0.308 e. The summed E-state index contributed by atoms with van der Waals surface area (Å²) in [5, 5.41) is 4.28. The summed E-state index contributed by atoms with van der Waals surface area (Å²) in [6.45, 7) is 6.33. The smallest absolute Gasteiger partial charge is 0.308 e. The minimum Gasteiger partial charge on any atom is -0.456 e. The van der Waals surface area contributed by atoms with Crippen molar-refractivity contribution in [3.05, 3.63) is 17.5 Å². The average molecular weight is 400 g/mol. The Labute approximate surface area is 160 Å². The van der Waals surface area contributed by atoms with Gasteiger partial charge in [0.2, 0.25) is 0 Å². The molecule has 0 N–H and O–H groups in total. The van der Waals surface area contributed by atoms with Crippen molar-refractivity contribution in [2.45, 2.75) is 59.0 Å². The van der Waals surface area contributed by atoms with E-state index < -0.39 is 15.8 Å². The zero-order chi connectivity index (χ0) is 20.0. The highest BCUT2D eigenvalue weighted by Gasteiger charge is 2.34. The monoisotopic (exact) mass is 399 g/mol. The highest BCUT2D eigenvalue weighted by Crippen LogP contribution is 2.18. The minimum atomic E-state index is -3.08. The molecule has 27 heavy (non-hydrogen) atoms. The molecule has 8 nitrogen and oxygen atoms in total. The van der Waals surface area contributed by atoms with Gasteiger partial charge in [0.1, 0.15) is 0 Å². The zero-order valence-corrected chi connectivity index (χ0v) is 17.1. The molecule has 0 spiro atoms. The number of hydrogen-bond donors (Lipinski definition) is 0. The van der Waals surface area contributed by atoms with Crippen LogP contribution in [0.1, 0.15) is 44.0 Å². The third kappa shape index (κ3) is 6.34. The average Bonchev–Trinajstić information content (AvgIpc) is 3.12. The maximum absolute atomic E-state index is 12.5. The Balaban J connectivity index is 1.85. The number of rotatable bonds is 9. The molecular formula is C18H29N3O5S. The normalized spacial score (nSPS) is 18.4. The lowest BCUT2D eigenvalue weighted by atomic mass is 10.2. The van der Waals surface area contributed by atoms with E-state index in [0.29, 0.717) is 19.5 Å². The van der Waals surface area contributed by atoms with Crippen LogP contribution in [0.3, 0.4) is 0 Å². The number of ether oxygens (including phenoxy) is 1. The van der Waals surface area contributed by atoms with Gasteiger partial charge in [0.25, 0.3) is 5.91 Å². The molecule has 1 aromatic rings. The Hall–Kier alpha value is -1.90. The van der Waals surface area contributed by atoms with Gasteiger partial charge in [0.05, 0.1) is 30.2 Å². The summed E-state index contributed by atoms with van der Waals surface area (Å²) in [4.78, 5) is 26.1. The van der Waals surface area contributed by atoms with E-state index in [0.717, 1.165) is 24.2 Å². The number of aromatic nitrogens is 2. The fraction of sp³-hybridized carbons (Fsp3) is 0.722. The van der Waals surface area contributed by atoms with Gasteiger partial charge in [0.15, 0.2) is 16.4 Å². The van der Waals surface area contributed by atoms with Crippen LogP contribution in [0.2, 0.25) is 0 Å². The second kappa shape index (κ2) is 9.34. The first-order chi connectivity index (χ1) is 12.7. The van der Waals surface area contributed by atoms with E-state index in [1.165, 1.54) is 0 Å². The van der Waals surface area contributed by atoms with E-state index in [9.17, 15) is 18.0 Å². The number of hydrogen-bond acceptors (Lipinski definition) is 6. The quantitative estimate of drug-likeness (QED) is 0.580. The lowest BCUT2D eigenvalue weighted by Crippen LogP contribution is -2.43. The molecule has 2 rings (SSSR count). The molecule has 0 aromatic carbocycles. The Morgan fingerprint density at radius 3 is 2.67 bits per heavy atom. The number of aryl methyl sites for hydroxylation is 3. The summed E-state index contributed by atoms with van der Waals surface area (Å²) < 4.78 is 30.3. The van der Waals surface area contributed by atoms with E-state index in [-0.39, 0.29) is 36.5 Å². The molecule has 1 fully saturated rings. The first kappa shape index (κ1) is 21.4. The largest absolute Gasteiger partial charge is 0.456 e. The number of carbonyl (C=O) groups excluding carboxylic acids is 2. The van der Waals surface area contributed by atoms with Crippen LogP contribution < -0.4 is 0 Å². The maximum atomic E-state index is 12.5.